The summed E-state index contributed by atoms with van der Waals surface area (Å²) in [5.74, 6) is 3.09. The molecule has 1 aromatic rings. The van der Waals surface area contributed by atoms with Crippen molar-refractivity contribution in [1.29, 1.82) is 0 Å². The van der Waals surface area contributed by atoms with E-state index in [0.29, 0.717) is 4.75 Å². The zero-order chi connectivity index (χ0) is 16.0. The van der Waals surface area contributed by atoms with Gasteiger partial charge in [0.05, 0.1) is 12.3 Å². The zero-order valence-electron chi connectivity index (χ0n) is 14.1. The highest BCUT2D eigenvalue weighted by Gasteiger charge is 2.29. The van der Waals surface area contributed by atoms with Crippen molar-refractivity contribution in [2.45, 2.75) is 30.6 Å². The van der Waals surface area contributed by atoms with Crippen LogP contribution in [0.15, 0.2) is 27.8 Å². The Morgan fingerprint density at radius 3 is 2.86 bits per heavy atom. The lowest BCUT2D eigenvalue weighted by atomic mass is 10.1. The van der Waals surface area contributed by atoms with Crippen LogP contribution in [0.4, 0.5) is 0 Å². The van der Waals surface area contributed by atoms with Gasteiger partial charge in [0.25, 0.3) is 0 Å². The Hall–Kier alpha value is -1.14. The molecule has 0 spiro atoms. The first-order valence-corrected chi connectivity index (χ1v) is 8.81. The van der Waals surface area contributed by atoms with Gasteiger partial charge in [0.15, 0.2) is 5.96 Å². The summed E-state index contributed by atoms with van der Waals surface area (Å²) in [6.45, 7) is 4.03. The first-order valence-electron chi connectivity index (χ1n) is 7.82. The maximum atomic E-state index is 5.53. The third-order valence-electron chi connectivity index (χ3n) is 4.11. The molecule has 0 saturated carbocycles. The molecule has 2 atom stereocenters. The molecule has 0 bridgehead atoms. The number of hydrogen-bond acceptors (Lipinski definition) is 4. The molecule has 1 aliphatic rings. The topological polar surface area (TPSA) is 52.8 Å². The van der Waals surface area contributed by atoms with Gasteiger partial charge in [0.1, 0.15) is 5.76 Å². The molecule has 6 heteroatoms. The van der Waals surface area contributed by atoms with Gasteiger partial charge in [-0.25, -0.2) is 0 Å². The van der Waals surface area contributed by atoms with Crippen LogP contribution in [-0.2, 0) is 0 Å². The van der Waals surface area contributed by atoms with Gasteiger partial charge in [0, 0.05) is 24.9 Å². The van der Waals surface area contributed by atoms with Crippen molar-refractivity contribution in [2.24, 2.45) is 4.99 Å². The lowest BCUT2D eigenvalue weighted by Gasteiger charge is -2.26. The first-order chi connectivity index (χ1) is 10.5. The predicted octanol–water partition coefficient (Wildman–Crippen LogP) is 2.33. The summed E-state index contributed by atoms with van der Waals surface area (Å²) >= 11 is 2.06. The van der Waals surface area contributed by atoms with E-state index in [1.165, 1.54) is 18.6 Å². The second-order valence-corrected chi connectivity index (χ2v) is 7.89. The van der Waals surface area contributed by atoms with E-state index in [9.17, 15) is 0 Å². The highest BCUT2D eigenvalue weighted by molar-refractivity contribution is 8.00. The Balaban J connectivity index is 1.84. The molecule has 0 amide bonds. The smallest absolute Gasteiger partial charge is 0.191 e. The highest BCUT2D eigenvalue weighted by Crippen LogP contribution is 2.36. The van der Waals surface area contributed by atoms with E-state index >= 15 is 0 Å². The van der Waals surface area contributed by atoms with Crippen LogP contribution < -0.4 is 10.6 Å². The van der Waals surface area contributed by atoms with E-state index in [1.54, 1.807) is 6.26 Å². The molecule has 0 aliphatic carbocycles. The molecule has 0 radical (unpaired) electrons. The fourth-order valence-electron chi connectivity index (χ4n) is 2.68. The van der Waals surface area contributed by atoms with Crippen molar-refractivity contribution in [3.05, 3.63) is 24.2 Å². The van der Waals surface area contributed by atoms with Gasteiger partial charge in [0.2, 0.25) is 0 Å². The number of hydrogen-bond donors (Lipinski definition) is 2. The lowest BCUT2D eigenvalue weighted by molar-refractivity contribution is 0.258. The van der Waals surface area contributed by atoms with Crippen molar-refractivity contribution < 1.29 is 4.42 Å². The minimum atomic E-state index is 0.185. The third-order valence-corrected chi connectivity index (χ3v) is 5.65. The molecule has 22 heavy (non-hydrogen) atoms. The summed E-state index contributed by atoms with van der Waals surface area (Å²) in [6.07, 6.45) is 4.31. The number of aliphatic imine (C=N–C) groups is 1. The molecule has 124 valence electrons. The molecule has 2 unspecified atom stereocenters. The van der Waals surface area contributed by atoms with Crippen LogP contribution in [-0.4, -0.2) is 55.6 Å². The van der Waals surface area contributed by atoms with E-state index < -0.39 is 0 Å². The van der Waals surface area contributed by atoms with E-state index in [0.717, 1.165) is 24.8 Å². The van der Waals surface area contributed by atoms with Crippen molar-refractivity contribution in [2.75, 3.05) is 40.0 Å². The normalized spacial score (nSPS) is 23.8. The van der Waals surface area contributed by atoms with Crippen LogP contribution >= 0.6 is 11.8 Å². The number of likely N-dealkylation sites (N-methyl/N-ethyl adjacent to an activating group) is 1. The SMILES string of the molecule is CN=C(NCC(c1ccco1)N(C)C)NCC1(C)CCCS1. The average Bonchev–Trinajstić information content (AvgIpc) is 3.14. The number of furan rings is 1. The molecule has 1 aromatic heterocycles. The average molecular weight is 324 g/mol. The molecule has 1 saturated heterocycles. The molecule has 0 aromatic carbocycles. The monoisotopic (exact) mass is 324 g/mol. The Kier molecular flexibility index (Phi) is 6.20. The lowest BCUT2D eigenvalue weighted by Crippen LogP contribution is -2.45. The molecule has 1 fully saturated rings. The van der Waals surface area contributed by atoms with Crippen molar-refractivity contribution in [1.82, 2.24) is 15.5 Å². The maximum Gasteiger partial charge on any atom is 0.191 e. The molecular formula is C16H28N4OS. The zero-order valence-corrected chi connectivity index (χ0v) is 14.9. The summed E-state index contributed by atoms with van der Waals surface area (Å²) in [4.78, 5) is 6.47. The van der Waals surface area contributed by atoms with Crippen LogP contribution in [0.5, 0.6) is 0 Å². The Morgan fingerprint density at radius 2 is 2.32 bits per heavy atom. The van der Waals surface area contributed by atoms with Crippen LogP contribution in [0.2, 0.25) is 0 Å². The van der Waals surface area contributed by atoms with E-state index in [2.05, 4.69) is 53.3 Å². The van der Waals surface area contributed by atoms with Crippen LogP contribution in [0, 0.1) is 0 Å². The van der Waals surface area contributed by atoms with Gasteiger partial charge >= 0.3 is 0 Å². The highest BCUT2D eigenvalue weighted by atomic mass is 32.2. The van der Waals surface area contributed by atoms with Gasteiger partial charge in [-0.15, -0.1) is 0 Å². The molecule has 2 N–H and O–H groups in total. The first kappa shape index (κ1) is 17.2. The molecule has 5 nitrogen and oxygen atoms in total. The maximum absolute atomic E-state index is 5.53. The standard InChI is InChI=1S/C16H28N4OS/c1-16(8-6-10-22-16)12-19-15(17-2)18-11-13(20(3)4)14-7-5-9-21-14/h5,7,9,13H,6,8,10-12H2,1-4H3,(H2,17,18,19). The number of guanidine groups is 1. The van der Waals surface area contributed by atoms with E-state index in [1.807, 2.05) is 19.2 Å². The second-order valence-electron chi connectivity index (χ2n) is 6.20. The number of nitrogens with zero attached hydrogens (tertiary/aromatic N) is 2. The number of rotatable bonds is 6. The Morgan fingerprint density at radius 1 is 1.50 bits per heavy atom. The van der Waals surface area contributed by atoms with Crippen molar-refractivity contribution >= 4 is 17.7 Å². The minimum absolute atomic E-state index is 0.185. The van der Waals surface area contributed by atoms with Crippen molar-refractivity contribution in [3.63, 3.8) is 0 Å². The summed E-state index contributed by atoms with van der Waals surface area (Å²) in [6, 6.07) is 4.13. The van der Waals surface area contributed by atoms with Crippen LogP contribution in [0.25, 0.3) is 0 Å². The van der Waals surface area contributed by atoms with Gasteiger partial charge < -0.3 is 15.1 Å². The fraction of sp³-hybridized carbons (Fsp3) is 0.688. The van der Waals surface area contributed by atoms with Crippen LogP contribution in [0.3, 0.4) is 0 Å². The number of nitrogens with one attached hydrogen (secondary N) is 2. The molecule has 2 rings (SSSR count). The summed E-state index contributed by atoms with van der Waals surface area (Å²) in [5, 5.41) is 6.87. The predicted molar refractivity (Wildman–Crippen MR) is 94.6 cm³/mol. The molecule has 2 heterocycles. The minimum Gasteiger partial charge on any atom is -0.468 e. The summed E-state index contributed by atoms with van der Waals surface area (Å²) in [7, 11) is 5.93. The van der Waals surface area contributed by atoms with E-state index in [4.69, 9.17) is 4.42 Å². The van der Waals surface area contributed by atoms with Gasteiger partial charge in [-0.05, 0) is 51.7 Å². The summed E-state index contributed by atoms with van der Waals surface area (Å²) in [5.41, 5.74) is 0. The number of thioether (sulfide) groups is 1. The Bertz CT molecular complexity index is 467. The second kappa shape index (κ2) is 7.92. The molecule has 1 aliphatic heterocycles. The van der Waals surface area contributed by atoms with Gasteiger partial charge in [-0.3, -0.25) is 9.89 Å². The van der Waals surface area contributed by atoms with Gasteiger partial charge in [-0.2, -0.15) is 11.8 Å². The third kappa shape index (κ3) is 4.68. The van der Waals surface area contributed by atoms with Gasteiger partial charge in [-0.1, -0.05) is 0 Å². The summed E-state index contributed by atoms with van der Waals surface area (Å²) < 4.78 is 5.87. The molecular weight excluding hydrogens is 296 g/mol. The Labute approximate surface area is 137 Å². The van der Waals surface area contributed by atoms with E-state index in [-0.39, 0.29) is 6.04 Å². The largest absolute Gasteiger partial charge is 0.468 e. The van der Waals surface area contributed by atoms with Crippen LogP contribution in [0.1, 0.15) is 31.6 Å². The fourth-order valence-corrected chi connectivity index (χ4v) is 3.92. The quantitative estimate of drug-likeness (QED) is 0.621. The van der Waals surface area contributed by atoms with Crippen molar-refractivity contribution in [3.8, 4) is 0 Å².